The molecule has 3 nitrogen and oxygen atoms in total. The summed E-state index contributed by atoms with van der Waals surface area (Å²) < 4.78 is 5.37. The van der Waals surface area contributed by atoms with Crippen LogP contribution in [-0.4, -0.2) is 43.3 Å². The summed E-state index contributed by atoms with van der Waals surface area (Å²) in [5, 5.41) is 0. The van der Waals surface area contributed by atoms with Crippen LogP contribution in [0.4, 0.5) is 0 Å². The molecule has 2 fully saturated rings. The maximum Gasteiger partial charge on any atom is 0.0594 e. The molecule has 1 saturated carbocycles. The van der Waals surface area contributed by atoms with Crippen LogP contribution in [0.5, 0.6) is 0 Å². The number of benzene rings is 1. The highest BCUT2D eigenvalue weighted by Crippen LogP contribution is 2.35. The predicted octanol–water partition coefficient (Wildman–Crippen LogP) is 1.60. The van der Waals surface area contributed by atoms with Gasteiger partial charge in [0.05, 0.1) is 13.2 Å². The molecule has 1 aliphatic carbocycles. The van der Waals surface area contributed by atoms with Crippen molar-refractivity contribution in [1.82, 2.24) is 4.90 Å². The average Bonchev–Trinajstić information content (AvgIpc) is 3.17. The molecule has 0 spiro atoms. The molecule has 1 aromatic carbocycles. The minimum absolute atomic E-state index is 0.120. The summed E-state index contributed by atoms with van der Waals surface area (Å²) in [5.41, 5.74) is 9.09. The van der Waals surface area contributed by atoms with Crippen molar-refractivity contribution < 1.29 is 4.74 Å². The van der Waals surface area contributed by atoms with Crippen molar-refractivity contribution in [3.8, 4) is 0 Å². The van der Waals surface area contributed by atoms with Gasteiger partial charge in [-0.3, -0.25) is 4.90 Å². The maximum absolute atomic E-state index is 6.15. The second-order valence-corrected chi connectivity index (χ2v) is 6.06. The Morgan fingerprint density at radius 1 is 1.05 bits per heavy atom. The summed E-state index contributed by atoms with van der Waals surface area (Å²) in [6.45, 7) is 5.07. The topological polar surface area (TPSA) is 38.5 Å². The maximum atomic E-state index is 6.15. The first-order chi connectivity index (χ1) is 9.23. The Labute approximate surface area is 115 Å². The molecule has 1 saturated heterocycles. The zero-order valence-corrected chi connectivity index (χ0v) is 11.6. The molecule has 19 heavy (non-hydrogen) atoms. The Morgan fingerprint density at radius 2 is 1.68 bits per heavy atom. The van der Waals surface area contributed by atoms with Crippen LogP contribution in [-0.2, 0) is 17.6 Å². The van der Waals surface area contributed by atoms with Crippen LogP contribution in [0.15, 0.2) is 24.3 Å². The van der Waals surface area contributed by atoms with Gasteiger partial charge in [-0.05, 0) is 36.8 Å². The highest BCUT2D eigenvalue weighted by molar-refractivity contribution is 5.25. The number of hydrogen-bond donors (Lipinski definition) is 1. The quantitative estimate of drug-likeness (QED) is 0.874. The largest absolute Gasteiger partial charge is 0.379 e. The van der Waals surface area contributed by atoms with Crippen molar-refractivity contribution in [2.24, 2.45) is 5.73 Å². The monoisotopic (exact) mass is 260 g/mol. The molecule has 0 aromatic heterocycles. The molecule has 104 valence electrons. The zero-order valence-electron chi connectivity index (χ0n) is 11.6. The van der Waals surface area contributed by atoms with Gasteiger partial charge in [0.2, 0.25) is 0 Å². The van der Waals surface area contributed by atoms with Crippen LogP contribution in [0.25, 0.3) is 0 Å². The molecule has 2 aliphatic rings. The van der Waals surface area contributed by atoms with E-state index in [1.165, 1.54) is 24.0 Å². The van der Waals surface area contributed by atoms with E-state index in [0.717, 1.165) is 45.7 Å². The number of ether oxygens (including phenoxy) is 1. The molecule has 1 heterocycles. The summed E-state index contributed by atoms with van der Waals surface area (Å²) in [5.74, 6) is 0. The summed E-state index contributed by atoms with van der Waals surface area (Å²) in [6, 6.07) is 9.03. The van der Waals surface area contributed by atoms with Gasteiger partial charge in [-0.2, -0.15) is 0 Å². The van der Waals surface area contributed by atoms with Crippen LogP contribution in [0.2, 0.25) is 0 Å². The second kappa shape index (κ2) is 5.61. The van der Waals surface area contributed by atoms with Crippen molar-refractivity contribution >= 4 is 0 Å². The summed E-state index contributed by atoms with van der Waals surface area (Å²) >= 11 is 0. The van der Waals surface area contributed by atoms with E-state index >= 15 is 0 Å². The number of nitrogens with zero attached hydrogens (tertiary/aromatic N) is 1. The highest BCUT2D eigenvalue weighted by Gasteiger charge is 2.37. The van der Waals surface area contributed by atoms with Crippen LogP contribution < -0.4 is 5.73 Å². The van der Waals surface area contributed by atoms with E-state index in [9.17, 15) is 0 Å². The number of nitrogens with two attached hydrogens (primary N) is 1. The molecule has 1 aromatic rings. The van der Waals surface area contributed by atoms with Gasteiger partial charge in [0.25, 0.3) is 0 Å². The van der Waals surface area contributed by atoms with Crippen molar-refractivity contribution in [2.45, 2.75) is 31.2 Å². The van der Waals surface area contributed by atoms with Gasteiger partial charge in [-0.1, -0.05) is 24.3 Å². The average molecular weight is 260 g/mol. The Balaban J connectivity index is 1.48. The van der Waals surface area contributed by atoms with Crippen LogP contribution in [0.3, 0.4) is 0 Å². The smallest absolute Gasteiger partial charge is 0.0594 e. The fourth-order valence-corrected chi connectivity index (χ4v) is 2.68. The molecular weight excluding hydrogens is 236 g/mol. The molecule has 1 aliphatic heterocycles. The molecular formula is C16H24N2O. The third-order valence-electron chi connectivity index (χ3n) is 4.29. The van der Waals surface area contributed by atoms with Crippen LogP contribution in [0.1, 0.15) is 24.0 Å². The van der Waals surface area contributed by atoms with E-state index in [4.69, 9.17) is 10.5 Å². The Bertz CT molecular complexity index is 405. The Morgan fingerprint density at radius 3 is 2.32 bits per heavy atom. The lowest BCUT2D eigenvalue weighted by atomic mass is 10.0. The first-order valence-corrected chi connectivity index (χ1v) is 7.40. The minimum atomic E-state index is 0.120. The van der Waals surface area contributed by atoms with Gasteiger partial charge in [0.15, 0.2) is 0 Å². The Hall–Kier alpha value is -0.900. The van der Waals surface area contributed by atoms with Crippen molar-refractivity contribution in [3.63, 3.8) is 0 Å². The first-order valence-electron chi connectivity index (χ1n) is 7.40. The van der Waals surface area contributed by atoms with Gasteiger partial charge >= 0.3 is 0 Å². The lowest BCUT2D eigenvalue weighted by Gasteiger charge is -2.26. The third kappa shape index (κ3) is 3.78. The van der Waals surface area contributed by atoms with E-state index in [-0.39, 0.29) is 5.54 Å². The number of morpholine rings is 1. The fourth-order valence-electron chi connectivity index (χ4n) is 2.68. The minimum Gasteiger partial charge on any atom is -0.379 e. The van der Waals surface area contributed by atoms with E-state index in [1.54, 1.807) is 0 Å². The fraction of sp³-hybridized carbons (Fsp3) is 0.625. The summed E-state index contributed by atoms with van der Waals surface area (Å²) in [6.07, 6.45) is 4.54. The lowest BCUT2D eigenvalue weighted by Crippen LogP contribution is -2.37. The molecule has 3 rings (SSSR count). The predicted molar refractivity (Wildman–Crippen MR) is 77.3 cm³/mol. The first kappa shape index (κ1) is 13.1. The second-order valence-electron chi connectivity index (χ2n) is 6.06. The van der Waals surface area contributed by atoms with E-state index in [1.807, 2.05) is 0 Å². The SMILES string of the molecule is NC1(Cc2ccc(CCN3CCOCC3)cc2)CC1. The van der Waals surface area contributed by atoms with Crippen molar-refractivity contribution in [2.75, 3.05) is 32.8 Å². The molecule has 0 amide bonds. The van der Waals surface area contributed by atoms with Crippen molar-refractivity contribution in [1.29, 1.82) is 0 Å². The van der Waals surface area contributed by atoms with Crippen LogP contribution in [0, 0.1) is 0 Å². The molecule has 0 unspecified atom stereocenters. The number of rotatable bonds is 5. The van der Waals surface area contributed by atoms with Gasteiger partial charge in [-0.15, -0.1) is 0 Å². The van der Waals surface area contributed by atoms with E-state index in [2.05, 4.69) is 29.2 Å². The Kier molecular flexibility index (Phi) is 3.87. The summed E-state index contributed by atoms with van der Waals surface area (Å²) in [4.78, 5) is 2.48. The molecule has 3 heteroatoms. The number of hydrogen-bond acceptors (Lipinski definition) is 3. The zero-order chi connectivity index (χ0) is 13.1. The van der Waals surface area contributed by atoms with E-state index < -0.39 is 0 Å². The third-order valence-corrected chi connectivity index (χ3v) is 4.29. The van der Waals surface area contributed by atoms with Crippen molar-refractivity contribution in [3.05, 3.63) is 35.4 Å². The van der Waals surface area contributed by atoms with Gasteiger partial charge in [-0.25, -0.2) is 0 Å². The lowest BCUT2D eigenvalue weighted by molar-refractivity contribution is 0.0384. The normalized spacial score (nSPS) is 22.4. The molecule has 0 radical (unpaired) electrons. The van der Waals surface area contributed by atoms with Crippen LogP contribution >= 0.6 is 0 Å². The van der Waals surface area contributed by atoms with Gasteiger partial charge in [0, 0.05) is 25.2 Å². The molecule has 0 atom stereocenters. The molecule has 2 N–H and O–H groups in total. The highest BCUT2D eigenvalue weighted by atomic mass is 16.5. The van der Waals surface area contributed by atoms with Gasteiger partial charge in [0.1, 0.15) is 0 Å². The standard InChI is InChI=1S/C16H24N2O/c17-16(6-7-16)13-15-3-1-14(2-4-15)5-8-18-9-11-19-12-10-18/h1-4H,5-13,17H2. The summed E-state index contributed by atoms with van der Waals surface area (Å²) in [7, 11) is 0. The van der Waals surface area contributed by atoms with E-state index in [0.29, 0.717) is 0 Å². The van der Waals surface area contributed by atoms with Gasteiger partial charge < -0.3 is 10.5 Å². The molecule has 0 bridgehead atoms.